The van der Waals surface area contributed by atoms with Crippen LogP contribution in [0.2, 0.25) is 0 Å². The standard InChI is InChI=1S/C35H65NO3/c1-3-5-7-9-11-13-15-17-18-19-21-23-25-27-29-31-35(39)36-33(32-37)34(38)30-28-26-24-22-20-16-14-12-10-8-6-4-2/h17-18,20,22,28,30,33-34,37-38H,3-16,19,21,23-27,29,31-32H2,1-2H3,(H,36,39)/b18-17+,22-20+,30-28+/t33-,34+/m0/s1. The van der Waals surface area contributed by atoms with Crippen LogP contribution >= 0.6 is 0 Å². The molecule has 0 aliphatic carbocycles. The summed E-state index contributed by atoms with van der Waals surface area (Å²) < 4.78 is 0. The van der Waals surface area contributed by atoms with Crippen LogP contribution in [0.3, 0.4) is 0 Å². The fraction of sp³-hybridized carbons (Fsp3) is 0.800. The normalized spacial score (nSPS) is 13.6. The zero-order valence-electron chi connectivity index (χ0n) is 25.9. The number of aliphatic hydroxyl groups is 2. The van der Waals surface area contributed by atoms with Crippen LogP contribution in [-0.4, -0.2) is 34.9 Å². The van der Waals surface area contributed by atoms with Gasteiger partial charge in [-0.05, 0) is 57.8 Å². The van der Waals surface area contributed by atoms with Gasteiger partial charge in [-0.2, -0.15) is 0 Å². The second-order valence-corrected chi connectivity index (χ2v) is 11.2. The highest BCUT2D eigenvalue weighted by Crippen LogP contribution is 2.11. The molecule has 0 radical (unpaired) electrons. The van der Waals surface area contributed by atoms with E-state index in [4.69, 9.17) is 0 Å². The Morgan fingerprint density at radius 1 is 0.590 bits per heavy atom. The van der Waals surface area contributed by atoms with Crippen molar-refractivity contribution in [1.29, 1.82) is 0 Å². The summed E-state index contributed by atoms with van der Waals surface area (Å²) in [5.74, 6) is -0.0863. The number of hydrogen-bond donors (Lipinski definition) is 3. The largest absolute Gasteiger partial charge is 0.394 e. The molecule has 0 aliphatic rings. The summed E-state index contributed by atoms with van der Waals surface area (Å²) in [6, 6.07) is -0.639. The van der Waals surface area contributed by atoms with Gasteiger partial charge in [-0.15, -0.1) is 0 Å². The maximum absolute atomic E-state index is 12.3. The summed E-state index contributed by atoms with van der Waals surface area (Å²) in [4.78, 5) is 12.3. The molecule has 0 aliphatic heterocycles. The van der Waals surface area contributed by atoms with Crippen LogP contribution in [0.1, 0.15) is 162 Å². The molecule has 0 saturated carbocycles. The zero-order chi connectivity index (χ0) is 28.7. The van der Waals surface area contributed by atoms with E-state index in [2.05, 4.69) is 43.5 Å². The molecule has 39 heavy (non-hydrogen) atoms. The monoisotopic (exact) mass is 547 g/mol. The van der Waals surface area contributed by atoms with E-state index in [1.54, 1.807) is 6.08 Å². The lowest BCUT2D eigenvalue weighted by Crippen LogP contribution is -2.45. The molecule has 0 fully saturated rings. The Bertz CT molecular complexity index is 599. The van der Waals surface area contributed by atoms with Crippen LogP contribution in [0.4, 0.5) is 0 Å². The predicted molar refractivity (Wildman–Crippen MR) is 170 cm³/mol. The topological polar surface area (TPSA) is 69.6 Å². The number of rotatable bonds is 29. The van der Waals surface area contributed by atoms with Crippen LogP contribution in [0.5, 0.6) is 0 Å². The second kappa shape index (κ2) is 31.1. The Labute approximate surface area is 242 Å². The third-order valence-electron chi connectivity index (χ3n) is 7.35. The summed E-state index contributed by atoms with van der Waals surface area (Å²) >= 11 is 0. The third-order valence-corrected chi connectivity index (χ3v) is 7.35. The van der Waals surface area contributed by atoms with E-state index in [9.17, 15) is 15.0 Å². The Balaban J connectivity index is 3.72. The van der Waals surface area contributed by atoms with Crippen molar-refractivity contribution in [2.45, 2.75) is 174 Å². The van der Waals surface area contributed by atoms with Gasteiger partial charge < -0.3 is 15.5 Å². The molecule has 0 heterocycles. The summed E-state index contributed by atoms with van der Waals surface area (Å²) in [5.41, 5.74) is 0. The van der Waals surface area contributed by atoms with E-state index in [0.717, 1.165) is 44.9 Å². The third kappa shape index (κ3) is 28.0. The Hall–Kier alpha value is -1.39. The van der Waals surface area contributed by atoms with Gasteiger partial charge >= 0.3 is 0 Å². The number of unbranched alkanes of at least 4 members (excludes halogenated alkanes) is 18. The SMILES string of the molecule is CCCCCCCC/C=C/CC/C=C/[C@@H](O)[C@H](CO)NC(=O)CCCCCCC/C=C/CCCCCCCC. The number of carbonyl (C=O) groups is 1. The Kier molecular flexibility index (Phi) is 30.0. The van der Waals surface area contributed by atoms with Crippen molar-refractivity contribution in [3.8, 4) is 0 Å². The van der Waals surface area contributed by atoms with Crippen molar-refractivity contribution in [2.75, 3.05) is 6.61 Å². The van der Waals surface area contributed by atoms with Gasteiger partial charge in [-0.1, -0.05) is 134 Å². The highest BCUT2D eigenvalue weighted by Gasteiger charge is 2.17. The molecule has 3 N–H and O–H groups in total. The average molecular weight is 548 g/mol. The maximum atomic E-state index is 12.3. The van der Waals surface area contributed by atoms with E-state index in [1.165, 1.54) is 96.3 Å². The van der Waals surface area contributed by atoms with Gasteiger partial charge in [0.25, 0.3) is 0 Å². The average Bonchev–Trinajstić information content (AvgIpc) is 2.94. The number of allylic oxidation sites excluding steroid dienone is 5. The van der Waals surface area contributed by atoms with Gasteiger partial charge in [0.05, 0.1) is 18.8 Å². The summed E-state index contributed by atoms with van der Waals surface area (Å²) in [6.45, 7) is 4.25. The molecule has 0 spiro atoms. The van der Waals surface area contributed by atoms with Crippen molar-refractivity contribution in [1.82, 2.24) is 5.32 Å². The minimum absolute atomic E-state index is 0.0863. The van der Waals surface area contributed by atoms with Gasteiger partial charge in [0.2, 0.25) is 5.91 Å². The van der Waals surface area contributed by atoms with E-state index in [1.807, 2.05) is 6.08 Å². The molecular formula is C35H65NO3. The summed E-state index contributed by atoms with van der Waals surface area (Å²) in [6.07, 6.45) is 39.3. The fourth-order valence-corrected chi connectivity index (χ4v) is 4.71. The van der Waals surface area contributed by atoms with Gasteiger partial charge in [0.1, 0.15) is 0 Å². The van der Waals surface area contributed by atoms with E-state index in [-0.39, 0.29) is 12.5 Å². The first-order valence-corrected chi connectivity index (χ1v) is 16.7. The Morgan fingerprint density at radius 3 is 1.49 bits per heavy atom. The van der Waals surface area contributed by atoms with Crippen molar-refractivity contribution >= 4 is 5.91 Å². The predicted octanol–water partition coefficient (Wildman–Crippen LogP) is 9.51. The van der Waals surface area contributed by atoms with Gasteiger partial charge in [0, 0.05) is 6.42 Å². The molecule has 0 aromatic rings. The zero-order valence-corrected chi connectivity index (χ0v) is 25.9. The Morgan fingerprint density at radius 2 is 1.00 bits per heavy atom. The van der Waals surface area contributed by atoms with Crippen LogP contribution in [0, 0.1) is 0 Å². The molecule has 0 rings (SSSR count). The van der Waals surface area contributed by atoms with E-state index < -0.39 is 12.1 Å². The lowest BCUT2D eigenvalue weighted by Gasteiger charge is -2.19. The van der Waals surface area contributed by atoms with Crippen molar-refractivity contribution in [3.63, 3.8) is 0 Å². The molecule has 1 amide bonds. The molecule has 0 aromatic heterocycles. The van der Waals surface area contributed by atoms with Crippen molar-refractivity contribution in [3.05, 3.63) is 36.5 Å². The number of amides is 1. The van der Waals surface area contributed by atoms with Crippen LogP contribution in [0.25, 0.3) is 0 Å². The molecule has 2 atom stereocenters. The molecule has 0 unspecified atom stereocenters. The maximum Gasteiger partial charge on any atom is 0.220 e. The number of hydrogen-bond acceptors (Lipinski definition) is 3. The molecule has 4 heteroatoms. The number of aliphatic hydroxyl groups excluding tert-OH is 2. The first-order valence-electron chi connectivity index (χ1n) is 16.7. The molecule has 0 aromatic carbocycles. The summed E-state index contributed by atoms with van der Waals surface area (Å²) in [5, 5.41) is 22.7. The number of nitrogens with one attached hydrogen (secondary N) is 1. The molecule has 0 saturated heterocycles. The van der Waals surface area contributed by atoms with E-state index >= 15 is 0 Å². The molecule has 228 valence electrons. The van der Waals surface area contributed by atoms with Gasteiger partial charge in [-0.25, -0.2) is 0 Å². The smallest absolute Gasteiger partial charge is 0.220 e. The van der Waals surface area contributed by atoms with Crippen LogP contribution in [-0.2, 0) is 4.79 Å². The quantitative estimate of drug-likeness (QED) is 0.0645. The van der Waals surface area contributed by atoms with Crippen LogP contribution < -0.4 is 5.32 Å². The van der Waals surface area contributed by atoms with Gasteiger partial charge in [-0.3, -0.25) is 4.79 Å². The lowest BCUT2D eigenvalue weighted by atomic mass is 10.1. The molecule has 0 bridgehead atoms. The first-order chi connectivity index (χ1) is 19.2. The van der Waals surface area contributed by atoms with E-state index in [0.29, 0.717) is 6.42 Å². The lowest BCUT2D eigenvalue weighted by molar-refractivity contribution is -0.123. The van der Waals surface area contributed by atoms with Crippen molar-refractivity contribution < 1.29 is 15.0 Å². The number of carbonyl (C=O) groups excluding carboxylic acids is 1. The second-order valence-electron chi connectivity index (χ2n) is 11.2. The minimum atomic E-state index is -0.861. The van der Waals surface area contributed by atoms with Crippen molar-refractivity contribution in [2.24, 2.45) is 0 Å². The highest BCUT2D eigenvalue weighted by atomic mass is 16.3. The first kappa shape index (κ1) is 37.6. The van der Waals surface area contributed by atoms with Gasteiger partial charge in [0.15, 0.2) is 0 Å². The molecule has 4 nitrogen and oxygen atoms in total. The minimum Gasteiger partial charge on any atom is -0.394 e. The molecular weight excluding hydrogens is 482 g/mol. The fourth-order valence-electron chi connectivity index (χ4n) is 4.71. The summed E-state index contributed by atoms with van der Waals surface area (Å²) in [7, 11) is 0. The highest BCUT2D eigenvalue weighted by molar-refractivity contribution is 5.76. The van der Waals surface area contributed by atoms with Crippen LogP contribution in [0.15, 0.2) is 36.5 Å².